The molecule has 1 aromatic heterocycles. The van der Waals surface area contributed by atoms with Gasteiger partial charge in [0.15, 0.2) is 5.13 Å². The van der Waals surface area contributed by atoms with E-state index in [1.54, 1.807) is 12.1 Å². The molecule has 2 heterocycles. The summed E-state index contributed by atoms with van der Waals surface area (Å²) in [6, 6.07) is 9.57. The lowest BCUT2D eigenvalue weighted by Crippen LogP contribution is -2.37. The Hall–Kier alpha value is -2.16. The van der Waals surface area contributed by atoms with Crippen molar-refractivity contribution < 1.29 is 22.7 Å². The zero-order valence-electron chi connectivity index (χ0n) is 15.1. The second kappa shape index (κ2) is 7.93. The number of benzene rings is 2. The molecular weight excluding hydrogens is 425 g/mol. The molecule has 1 saturated heterocycles. The van der Waals surface area contributed by atoms with Crippen LogP contribution in [0.1, 0.15) is 28.8 Å². The third-order valence-corrected chi connectivity index (χ3v) is 6.05. The Kier molecular flexibility index (Phi) is 5.50. The summed E-state index contributed by atoms with van der Waals surface area (Å²) in [5.41, 5.74) is -0.0560. The van der Waals surface area contributed by atoms with Gasteiger partial charge in [-0.05, 0) is 49.2 Å². The summed E-state index contributed by atoms with van der Waals surface area (Å²) in [7, 11) is 0. The molecule has 0 saturated carbocycles. The van der Waals surface area contributed by atoms with E-state index in [0.717, 1.165) is 29.7 Å². The van der Waals surface area contributed by atoms with E-state index in [4.69, 9.17) is 16.3 Å². The van der Waals surface area contributed by atoms with Crippen LogP contribution in [0.5, 0.6) is 0 Å². The molecule has 1 amide bonds. The first kappa shape index (κ1) is 20.1. The lowest BCUT2D eigenvalue weighted by atomic mass is 10.1. The van der Waals surface area contributed by atoms with E-state index in [1.165, 1.54) is 28.4 Å². The number of nitrogens with zero attached hydrogens (tertiary/aromatic N) is 2. The summed E-state index contributed by atoms with van der Waals surface area (Å²) < 4.78 is 45.0. The molecule has 0 bridgehead atoms. The normalized spacial score (nSPS) is 17.0. The lowest BCUT2D eigenvalue weighted by molar-refractivity contribution is -0.137. The Bertz CT molecular complexity index is 1030. The van der Waals surface area contributed by atoms with Crippen molar-refractivity contribution in [3.8, 4) is 0 Å². The van der Waals surface area contributed by atoms with Crippen molar-refractivity contribution in [3.05, 3.63) is 58.6 Å². The second-order valence-electron chi connectivity index (χ2n) is 6.71. The molecule has 1 unspecified atom stereocenters. The standard InChI is InChI=1S/C20H16ClF3N2O2S/c21-15-4-1-5-16-17(15)25-19(29-16)26(11-14-3-2-10-28-14)18(27)12-6-8-13(9-7-12)20(22,23)24/h1,4-9,14H,2-3,10-11H2. The molecule has 0 aliphatic carbocycles. The van der Waals surface area contributed by atoms with Gasteiger partial charge >= 0.3 is 6.18 Å². The fourth-order valence-corrected chi connectivity index (χ4v) is 4.49. The Balaban J connectivity index is 1.69. The molecular formula is C20H16ClF3N2O2S. The Morgan fingerprint density at radius 2 is 2.00 bits per heavy atom. The first-order chi connectivity index (χ1) is 13.8. The van der Waals surface area contributed by atoms with Crippen LogP contribution < -0.4 is 4.90 Å². The van der Waals surface area contributed by atoms with Crippen LogP contribution in [0.25, 0.3) is 10.2 Å². The van der Waals surface area contributed by atoms with Crippen molar-refractivity contribution in [2.45, 2.75) is 25.1 Å². The van der Waals surface area contributed by atoms with Crippen LogP contribution in [0.15, 0.2) is 42.5 Å². The molecule has 0 radical (unpaired) electrons. The number of alkyl halides is 3. The predicted octanol–water partition coefficient (Wildman–Crippen LogP) is 5.79. The highest BCUT2D eigenvalue weighted by Crippen LogP contribution is 2.34. The van der Waals surface area contributed by atoms with Gasteiger partial charge in [-0.25, -0.2) is 4.98 Å². The smallest absolute Gasteiger partial charge is 0.376 e. The van der Waals surface area contributed by atoms with E-state index in [0.29, 0.717) is 22.3 Å². The summed E-state index contributed by atoms with van der Waals surface area (Å²) in [6.45, 7) is 0.899. The molecule has 3 aromatic rings. The van der Waals surface area contributed by atoms with Crippen molar-refractivity contribution in [2.24, 2.45) is 0 Å². The van der Waals surface area contributed by atoms with Crippen LogP contribution in [0.2, 0.25) is 5.02 Å². The largest absolute Gasteiger partial charge is 0.416 e. The van der Waals surface area contributed by atoms with E-state index in [2.05, 4.69) is 4.98 Å². The summed E-state index contributed by atoms with van der Waals surface area (Å²) >= 11 is 7.52. The number of rotatable bonds is 4. The minimum absolute atomic E-state index is 0.143. The number of hydrogen-bond donors (Lipinski definition) is 0. The first-order valence-corrected chi connectivity index (χ1v) is 10.2. The van der Waals surface area contributed by atoms with Gasteiger partial charge in [0.1, 0.15) is 5.52 Å². The van der Waals surface area contributed by atoms with Crippen LogP contribution in [0.3, 0.4) is 0 Å². The topological polar surface area (TPSA) is 42.4 Å². The number of carbonyl (C=O) groups excluding carboxylic acids is 1. The van der Waals surface area contributed by atoms with Crippen molar-refractivity contribution in [1.82, 2.24) is 4.98 Å². The van der Waals surface area contributed by atoms with Crippen molar-refractivity contribution in [1.29, 1.82) is 0 Å². The minimum atomic E-state index is -4.46. The molecule has 0 N–H and O–H groups in total. The molecule has 29 heavy (non-hydrogen) atoms. The van der Waals surface area contributed by atoms with Gasteiger partial charge in [-0.15, -0.1) is 0 Å². The number of thiazole rings is 1. The third kappa shape index (κ3) is 4.24. The number of carbonyl (C=O) groups is 1. The second-order valence-corrected chi connectivity index (χ2v) is 8.13. The zero-order valence-corrected chi connectivity index (χ0v) is 16.7. The maximum atomic E-state index is 13.2. The third-order valence-electron chi connectivity index (χ3n) is 4.70. The SMILES string of the molecule is O=C(c1ccc(C(F)(F)F)cc1)N(CC1CCCO1)c1nc2c(Cl)cccc2s1. The number of para-hydroxylation sites is 1. The van der Waals surface area contributed by atoms with Gasteiger partial charge in [0, 0.05) is 12.2 Å². The Labute approximate surface area is 173 Å². The lowest BCUT2D eigenvalue weighted by Gasteiger charge is -2.23. The maximum absolute atomic E-state index is 13.2. The number of anilines is 1. The molecule has 1 aliphatic heterocycles. The number of aromatic nitrogens is 1. The van der Waals surface area contributed by atoms with E-state index in [9.17, 15) is 18.0 Å². The van der Waals surface area contributed by atoms with Gasteiger partial charge in [-0.3, -0.25) is 9.69 Å². The molecule has 1 fully saturated rings. The number of amides is 1. The molecule has 4 nitrogen and oxygen atoms in total. The summed E-state index contributed by atoms with van der Waals surface area (Å²) in [5.74, 6) is -0.426. The average Bonchev–Trinajstić information content (AvgIpc) is 3.35. The van der Waals surface area contributed by atoms with Crippen LogP contribution >= 0.6 is 22.9 Å². The number of fused-ring (bicyclic) bond motifs is 1. The maximum Gasteiger partial charge on any atom is 0.416 e. The number of hydrogen-bond acceptors (Lipinski definition) is 4. The summed E-state index contributed by atoms with van der Waals surface area (Å²) in [4.78, 5) is 19.2. The van der Waals surface area contributed by atoms with Crippen molar-refractivity contribution in [2.75, 3.05) is 18.1 Å². The average molecular weight is 441 g/mol. The molecule has 4 rings (SSSR count). The molecule has 152 valence electrons. The van der Waals surface area contributed by atoms with Crippen LogP contribution in [-0.2, 0) is 10.9 Å². The number of halogens is 4. The van der Waals surface area contributed by atoms with Crippen LogP contribution in [0.4, 0.5) is 18.3 Å². The highest BCUT2D eigenvalue weighted by molar-refractivity contribution is 7.22. The van der Waals surface area contributed by atoms with E-state index < -0.39 is 17.6 Å². The first-order valence-electron chi connectivity index (χ1n) is 8.99. The van der Waals surface area contributed by atoms with E-state index in [-0.39, 0.29) is 18.2 Å². The zero-order chi connectivity index (χ0) is 20.6. The van der Waals surface area contributed by atoms with Crippen LogP contribution in [0, 0.1) is 0 Å². The van der Waals surface area contributed by atoms with Gasteiger partial charge in [-0.1, -0.05) is 29.0 Å². The van der Waals surface area contributed by atoms with Gasteiger partial charge in [0.05, 0.1) is 27.9 Å². The molecule has 0 spiro atoms. The molecule has 1 aliphatic rings. The molecule has 1 atom stereocenters. The summed E-state index contributed by atoms with van der Waals surface area (Å²) in [5, 5.41) is 0.914. The fraction of sp³-hybridized carbons (Fsp3) is 0.300. The van der Waals surface area contributed by atoms with Crippen LogP contribution in [-0.4, -0.2) is 30.1 Å². The predicted molar refractivity (Wildman–Crippen MR) is 107 cm³/mol. The van der Waals surface area contributed by atoms with Gasteiger partial charge < -0.3 is 4.74 Å². The number of ether oxygens (including phenoxy) is 1. The van der Waals surface area contributed by atoms with Crippen molar-refractivity contribution in [3.63, 3.8) is 0 Å². The minimum Gasteiger partial charge on any atom is -0.376 e. The molecule has 9 heteroatoms. The Morgan fingerprint density at radius 1 is 1.24 bits per heavy atom. The highest BCUT2D eigenvalue weighted by atomic mass is 35.5. The van der Waals surface area contributed by atoms with Gasteiger partial charge in [0.25, 0.3) is 5.91 Å². The highest BCUT2D eigenvalue weighted by Gasteiger charge is 2.31. The van der Waals surface area contributed by atoms with E-state index in [1.807, 2.05) is 6.07 Å². The molecule has 2 aromatic carbocycles. The van der Waals surface area contributed by atoms with Gasteiger partial charge in [-0.2, -0.15) is 13.2 Å². The fourth-order valence-electron chi connectivity index (χ4n) is 3.22. The van der Waals surface area contributed by atoms with E-state index >= 15 is 0 Å². The quantitative estimate of drug-likeness (QED) is 0.515. The van der Waals surface area contributed by atoms with Gasteiger partial charge in [0.2, 0.25) is 0 Å². The monoisotopic (exact) mass is 440 g/mol. The van der Waals surface area contributed by atoms with Crippen molar-refractivity contribution >= 4 is 44.2 Å². The Morgan fingerprint density at radius 3 is 2.62 bits per heavy atom. The summed E-state index contributed by atoms with van der Waals surface area (Å²) in [6.07, 6.45) is -2.89.